The fourth-order valence-electron chi connectivity index (χ4n) is 0.790. The summed E-state index contributed by atoms with van der Waals surface area (Å²) in [6.07, 6.45) is 1.53. The van der Waals surface area contributed by atoms with E-state index in [-0.39, 0.29) is 11.7 Å². The Morgan fingerprint density at radius 1 is 1.85 bits per heavy atom. The highest BCUT2D eigenvalue weighted by molar-refractivity contribution is 6.32. The second-order valence-corrected chi connectivity index (χ2v) is 3.16. The number of carbonyl (C=O) groups is 1. The summed E-state index contributed by atoms with van der Waals surface area (Å²) in [5, 5.41) is 8.59. The molecule has 0 aliphatic rings. The summed E-state index contributed by atoms with van der Waals surface area (Å²) in [5.74, 6) is -1.08. The zero-order chi connectivity index (χ0) is 10.0. The monoisotopic (exact) mass is 223 g/mol. The molecular weight excluding hydrogens is 217 g/mol. The zero-order valence-electron chi connectivity index (χ0n) is 6.44. The molecule has 0 saturated heterocycles. The van der Waals surface area contributed by atoms with Gasteiger partial charge in [0, 0.05) is 24.4 Å². The van der Waals surface area contributed by atoms with E-state index in [4.69, 9.17) is 34.2 Å². The highest BCUT2D eigenvalue weighted by Crippen LogP contribution is 2.11. The first-order chi connectivity index (χ1) is 6.00. The van der Waals surface area contributed by atoms with Crippen molar-refractivity contribution in [1.82, 2.24) is 9.07 Å². The average molecular weight is 224 g/mol. The third-order valence-electron chi connectivity index (χ3n) is 1.42. The summed E-state index contributed by atoms with van der Waals surface area (Å²) >= 11 is 11.1. The molecule has 7 heteroatoms. The number of carboxylic acid groups (broad SMARTS) is 1. The van der Waals surface area contributed by atoms with Crippen LogP contribution >= 0.6 is 23.4 Å². The van der Waals surface area contributed by atoms with Crippen molar-refractivity contribution in [3.63, 3.8) is 0 Å². The molecule has 0 bridgehead atoms. The van der Waals surface area contributed by atoms with Crippen molar-refractivity contribution >= 4 is 29.3 Å². The molecule has 1 unspecified atom stereocenters. The third kappa shape index (κ3) is 2.58. The lowest BCUT2D eigenvalue weighted by Gasteiger charge is -2.01. The Balaban J connectivity index is 2.69. The predicted molar refractivity (Wildman–Crippen MR) is 47.8 cm³/mol. The van der Waals surface area contributed by atoms with E-state index < -0.39 is 12.0 Å². The van der Waals surface area contributed by atoms with Gasteiger partial charge in [-0.15, -0.1) is 0 Å². The van der Waals surface area contributed by atoms with Gasteiger partial charge in [0.1, 0.15) is 6.04 Å². The van der Waals surface area contributed by atoms with E-state index in [2.05, 4.69) is 4.98 Å². The van der Waals surface area contributed by atoms with Gasteiger partial charge in [0.25, 0.3) is 0 Å². The molecule has 0 aliphatic carbocycles. The maximum Gasteiger partial charge on any atom is 0.320 e. The third-order valence-corrected chi connectivity index (χ3v) is 2.03. The number of carboxylic acids is 1. The van der Waals surface area contributed by atoms with Crippen LogP contribution in [0.2, 0.25) is 5.28 Å². The lowest BCUT2D eigenvalue weighted by molar-refractivity contribution is -0.138. The maximum atomic E-state index is 10.4. The van der Waals surface area contributed by atoms with Crippen LogP contribution in [0.1, 0.15) is 5.69 Å². The van der Waals surface area contributed by atoms with Gasteiger partial charge in [-0.3, -0.25) is 4.79 Å². The highest BCUT2D eigenvalue weighted by Gasteiger charge is 2.14. The number of aromatic nitrogens is 2. The number of halogens is 2. The molecule has 0 spiro atoms. The molecule has 5 nitrogen and oxygen atoms in total. The summed E-state index contributed by atoms with van der Waals surface area (Å²) in [6, 6.07) is -0.984. The lowest BCUT2D eigenvalue weighted by Crippen LogP contribution is -2.32. The molecule has 0 aromatic carbocycles. The van der Waals surface area contributed by atoms with Crippen LogP contribution in [0.3, 0.4) is 0 Å². The molecule has 1 atom stereocenters. The van der Waals surface area contributed by atoms with Crippen LogP contribution in [-0.2, 0) is 11.2 Å². The summed E-state index contributed by atoms with van der Waals surface area (Å²) in [6.45, 7) is 0. The minimum Gasteiger partial charge on any atom is -0.480 e. The molecule has 0 saturated carbocycles. The Labute approximate surface area is 84.2 Å². The molecule has 1 aromatic heterocycles. The first-order valence-corrected chi connectivity index (χ1v) is 4.10. The Morgan fingerprint density at radius 3 is 2.85 bits per heavy atom. The molecule has 72 valence electrons. The molecule has 0 fully saturated rings. The zero-order valence-corrected chi connectivity index (χ0v) is 7.96. The van der Waals surface area contributed by atoms with Crippen molar-refractivity contribution in [2.75, 3.05) is 0 Å². The fourth-order valence-corrected chi connectivity index (χ4v) is 1.10. The first-order valence-electron chi connectivity index (χ1n) is 3.39. The Morgan fingerprint density at radius 2 is 2.46 bits per heavy atom. The number of hydrogen-bond acceptors (Lipinski definition) is 3. The number of aliphatic carboxylic acids is 1. The number of nitrogens with zero attached hydrogens (tertiary/aromatic N) is 2. The molecule has 1 heterocycles. The van der Waals surface area contributed by atoms with Gasteiger partial charge in [-0.2, -0.15) is 0 Å². The summed E-state index contributed by atoms with van der Waals surface area (Å²) in [4.78, 5) is 14.2. The first kappa shape index (κ1) is 10.3. The van der Waals surface area contributed by atoms with Crippen molar-refractivity contribution in [2.24, 2.45) is 5.73 Å². The van der Waals surface area contributed by atoms with E-state index in [1.165, 1.54) is 6.20 Å². The number of rotatable bonds is 3. The SMILES string of the molecule is NC(Cc1cn(Cl)c(Cl)n1)C(=O)O. The molecule has 0 radical (unpaired) electrons. The van der Waals surface area contributed by atoms with Gasteiger partial charge < -0.3 is 10.8 Å². The standard InChI is InChI=1S/C6H7Cl2N3O2/c7-6-10-3(2-11(6)8)1-4(9)5(12)13/h2,4H,1,9H2,(H,12,13). The van der Waals surface area contributed by atoms with Crippen LogP contribution in [-0.4, -0.2) is 26.2 Å². The quantitative estimate of drug-likeness (QED) is 0.782. The number of hydrogen-bond donors (Lipinski definition) is 2. The van der Waals surface area contributed by atoms with Crippen molar-refractivity contribution in [1.29, 1.82) is 0 Å². The van der Waals surface area contributed by atoms with Gasteiger partial charge in [-0.1, -0.05) is 0 Å². The Hall–Kier alpha value is -0.780. The molecular formula is C6H7Cl2N3O2. The normalized spacial score (nSPS) is 12.8. The highest BCUT2D eigenvalue weighted by atomic mass is 35.5. The van der Waals surface area contributed by atoms with Gasteiger partial charge in [0.2, 0.25) is 5.28 Å². The minimum atomic E-state index is -1.08. The van der Waals surface area contributed by atoms with E-state index in [1.807, 2.05) is 0 Å². The second-order valence-electron chi connectivity index (χ2n) is 2.46. The fraction of sp³-hybridized carbons (Fsp3) is 0.333. The van der Waals surface area contributed by atoms with Crippen LogP contribution in [0.15, 0.2) is 6.20 Å². The van der Waals surface area contributed by atoms with E-state index in [9.17, 15) is 4.79 Å². The average Bonchev–Trinajstić information content (AvgIpc) is 2.31. The predicted octanol–water partition coefficient (Wildman–Crippen LogP) is 0.493. The molecule has 3 N–H and O–H groups in total. The van der Waals surface area contributed by atoms with Gasteiger partial charge in [0.05, 0.1) is 5.69 Å². The molecule has 0 aliphatic heterocycles. The van der Waals surface area contributed by atoms with Crippen molar-refractivity contribution in [3.05, 3.63) is 17.2 Å². The van der Waals surface area contributed by atoms with E-state index in [0.29, 0.717) is 5.69 Å². The van der Waals surface area contributed by atoms with Crippen LogP contribution in [0.4, 0.5) is 0 Å². The van der Waals surface area contributed by atoms with E-state index >= 15 is 0 Å². The van der Waals surface area contributed by atoms with Crippen molar-refractivity contribution < 1.29 is 9.90 Å². The molecule has 13 heavy (non-hydrogen) atoms. The topological polar surface area (TPSA) is 81.1 Å². The van der Waals surface area contributed by atoms with Gasteiger partial charge >= 0.3 is 5.97 Å². The smallest absolute Gasteiger partial charge is 0.320 e. The Kier molecular flexibility index (Phi) is 3.13. The van der Waals surface area contributed by atoms with Crippen molar-refractivity contribution in [2.45, 2.75) is 12.5 Å². The van der Waals surface area contributed by atoms with E-state index in [0.717, 1.165) is 4.09 Å². The van der Waals surface area contributed by atoms with Crippen LogP contribution < -0.4 is 5.73 Å². The maximum absolute atomic E-state index is 10.4. The summed E-state index contributed by atoms with van der Waals surface area (Å²) in [5.41, 5.74) is 5.73. The number of imidazole rings is 1. The van der Waals surface area contributed by atoms with Gasteiger partial charge in [-0.25, -0.2) is 9.07 Å². The lowest BCUT2D eigenvalue weighted by atomic mass is 10.2. The minimum absolute atomic E-state index is 0.0919. The van der Waals surface area contributed by atoms with Crippen LogP contribution in [0.5, 0.6) is 0 Å². The Bertz CT molecular complexity index is 306. The largest absolute Gasteiger partial charge is 0.480 e. The molecule has 1 aromatic rings. The van der Waals surface area contributed by atoms with Crippen molar-refractivity contribution in [3.8, 4) is 0 Å². The van der Waals surface area contributed by atoms with Crippen LogP contribution in [0, 0.1) is 0 Å². The van der Waals surface area contributed by atoms with Crippen LogP contribution in [0.25, 0.3) is 0 Å². The summed E-state index contributed by atoms with van der Waals surface area (Å²) < 4.78 is 1.07. The van der Waals surface area contributed by atoms with Gasteiger partial charge in [-0.05, 0) is 11.6 Å². The molecule has 0 amide bonds. The number of nitrogens with two attached hydrogens (primary N) is 1. The summed E-state index contributed by atoms with van der Waals surface area (Å²) in [7, 11) is 0. The second kappa shape index (κ2) is 3.95. The van der Waals surface area contributed by atoms with E-state index in [1.54, 1.807) is 0 Å². The molecule has 1 rings (SSSR count). The van der Waals surface area contributed by atoms with Gasteiger partial charge in [0.15, 0.2) is 0 Å².